The minimum Gasteiger partial charge on any atom is -0.481 e. The van der Waals surface area contributed by atoms with Crippen LogP contribution in [0, 0.1) is 6.92 Å². The van der Waals surface area contributed by atoms with Crippen molar-refractivity contribution in [1.82, 2.24) is 5.32 Å². The lowest BCUT2D eigenvalue weighted by Crippen LogP contribution is -2.42. The third kappa shape index (κ3) is 3.97. The number of hydrogen-bond acceptors (Lipinski definition) is 4. The van der Waals surface area contributed by atoms with Crippen molar-refractivity contribution in [3.63, 3.8) is 0 Å². The van der Waals surface area contributed by atoms with Crippen molar-refractivity contribution < 1.29 is 19.8 Å². The van der Waals surface area contributed by atoms with Gasteiger partial charge in [0.2, 0.25) is 0 Å². The van der Waals surface area contributed by atoms with Crippen molar-refractivity contribution in [2.75, 3.05) is 6.54 Å². The van der Waals surface area contributed by atoms with Crippen molar-refractivity contribution in [3.8, 4) is 0 Å². The van der Waals surface area contributed by atoms with Gasteiger partial charge >= 0.3 is 5.97 Å². The lowest BCUT2D eigenvalue weighted by atomic mass is 10.0. The summed E-state index contributed by atoms with van der Waals surface area (Å²) in [5, 5.41) is 22.9. The van der Waals surface area contributed by atoms with Crippen molar-refractivity contribution >= 4 is 34.8 Å². The molecule has 0 aliphatic rings. The van der Waals surface area contributed by atoms with Gasteiger partial charge in [-0.25, -0.2) is 0 Å². The molecule has 0 aliphatic heterocycles. The second kappa shape index (κ2) is 5.69. The fourth-order valence-corrected chi connectivity index (χ4v) is 2.52. The van der Waals surface area contributed by atoms with Gasteiger partial charge in [-0.05, 0) is 24.8 Å². The maximum absolute atomic E-state index is 11.8. The number of aliphatic carboxylic acids is 1. The molecule has 1 aromatic rings. The van der Waals surface area contributed by atoms with Crippen LogP contribution < -0.4 is 5.32 Å². The fraction of sp³-hybridized carbons (Fsp3) is 0.455. The molecule has 0 aromatic carbocycles. The number of aliphatic hydroxyl groups is 1. The summed E-state index contributed by atoms with van der Waals surface area (Å²) >= 11 is 7.14. The Morgan fingerprint density at radius 2 is 2.17 bits per heavy atom. The summed E-state index contributed by atoms with van der Waals surface area (Å²) in [6.45, 7) is 2.99. The molecule has 7 heteroatoms. The SMILES string of the molecule is Cc1csc(C(=O)NCC(C)(O)CC(=O)O)c1Cl. The predicted octanol–water partition coefficient (Wildman–Crippen LogP) is 1.67. The number of halogens is 1. The summed E-state index contributed by atoms with van der Waals surface area (Å²) in [7, 11) is 0. The van der Waals surface area contributed by atoms with Crippen LogP contribution in [0.4, 0.5) is 0 Å². The number of thiophene rings is 1. The van der Waals surface area contributed by atoms with Crippen LogP contribution in [0.15, 0.2) is 5.38 Å². The molecule has 1 unspecified atom stereocenters. The van der Waals surface area contributed by atoms with Gasteiger partial charge in [0.1, 0.15) is 4.88 Å². The number of aryl methyl sites for hydroxylation is 1. The fourth-order valence-electron chi connectivity index (χ4n) is 1.32. The molecule has 0 saturated carbocycles. The van der Waals surface area contributed by atoms with Gasteiger partial charge in [-0.15, -0.1) is 11.3 Å². The van der Waals surface area contributed by atoms with Crippen LogP contribution in [-0.2, 0) is 4.79 Å². The summed E-state index contributed by atoms with van der Waals surface area (Å²) in [5.74, 6) is -1.54. The van der Waals surface area contributed by atoms with Gasteiger partial charge in [-0.3, -0.25) is 9.59 Å². The van der Waals surface area contributed by atoms with Gasteiger partial charge in [0, 0.05) is 6.54 Å². The Morgan fingerprint density at radius 3 is 2.61 bits per heavy atom. The highest BCUT2D eigenvalue weighted by Gasteiger charge is 2.25. The quantitative estimate of drug-likeness (QED) is 0.770. The summed E-state index contributed by atoms with van der Waals surface area (Å²) in [5.41, 5.74) is -0.676. The Morgan fingerprint density at radius 1 is 1.56 bits per heavy atom. The van der Waals surface area contributed by atoms with Gasteiger partial charge in [0.05, 0.1) is 17.0 Å². The van der Waals surface area contributed by atoms with Gasteiger partial charge in [0.15, 0.2) is 0 Å². The van der Waals surface area contributed by atoms with Gasteiger partial charge in [-0.1, -0.05) is 11.6 Å². The van der Waals surface area contributed by atoms with Crippen LogP contribution in [0.3, 0.4) is 0 Å². The Labute approximate surface area is 113 Å². The van der Waals surface area contributed by atoms with Crippen molar-refractivity contribution in [2.24, 2.45) is 0 Å². The normalized spacial score (nSPS) is 14.0. The molecule has 1 aromatic heterocycles. The van der Waals surface area contributed by atoms with E-state index in [4.69, 9.17) is 16.7 Å². The molecule has 1 rings (SSSR count). The zero-order chi connectivity index (χ0) is 13.9. The molecule has 0 spiro atoms. The van der Waals surface area contributed by atoms with Crippen LogP contribution in [-0.4, -0.2) is 34.2 Å². The molecular weight excluding hydrogens is 278 g/mol. The predicted molar refractivity (Wildman–Crippen MR) is 69.3 cm³/mol. The Kier molecular flexibility index (Phi) is 4.72. The summed E-state index contributed by atoms with van der Waals surface area (Å²) < 4.78 is 0. The molecule has 0 saturated heterocycles. The summed E-state index contributed by atoms with van der Waals surface area (Å²) in [6, 6.07) is 0. The van der Waals surface area contributed by atoms with Crippen LogP contribution in [0.2, 0.25) is 5.02 Å². The largest absolute Gasteiger partial charge is 0.481 e. The van der Waals surface area contributed by atoms with E-state index in [-0.39, 0.29) is 6.54 Å². The average Bonchev–Trinajstić information content (AvgIpc) is 2.55. The zero-order valence-electron chi connectivity index (χ0n) is 9.99. The van der Waals surface area contributed by atoms with Crippen molar-refractivity contribution in [1.29, 1.82) is 0 Å². The number of carboxylic acids is 1. The molecule has 5 nitrogen and oxygen atoms in total. The topological polar surface area (TPSA) is 86.6 Å². The maximum atomic E-state index is 11.8. The summed E-state index contributed by atoms with van der Waals surface area (Å²) in [6.07, 6.45) is -0.440. The first-order valence-corrected chi connectivity index (χ1v) is 6.44. The van der Waals surface area contributed by atoms with Crippen LogP contribution >= 0.6 is 22.9 Å². The van der Waals surface area contributed by atoms with E-state index in [0.717, 1.165) is 5.56 Å². The Hall–Kier alpha value is -1.11. The first kappa shape index (κ1) is 14.9. The first-order valence-electron chi connectivity index (χ1n) is 5.19. The standard InChI is InChI=1S/C11H14ClNO4S/c1-6-4-18-9(8(6)12)10(16)13-5-11(2,17)3-7(14)15/h4,17H,3,5H2,1-2H3,(H,13,16)(H,14,15). The second-order valence-corrected chi connectivity index (χ2v) is 5.57. The van der Waals surface area contributed by atoms with E-state index < -0.39 is 23.9 Å². The lowest BCUT2D eigenvalue weighted by Gasteiger charge is -2.21. The van der Waals surface area contributed by atoms with E-state index in [2.05, 4.69) is 5.32 Å². The average molecular weight is 292 g/mol. The zero-order valence-corrected chi connectivity index (χ0v) is 11.6. The molecule has 100 valence electrons. The first-order chi connectivity index (χ1) is 8.23. The number of carbonyl (C=O) groups excluding carboxylic acids is 1. The number of rotatable bonds is 5. The number of carboxylic acid groups (broad SMARTS) is 1. The van der Waals surface area contributed by atoms with E-state index in [0.29, 0.717) is 9.90 Å². The number of amides is 1. The van der Waals surface area contributed by atoms with E-state index in [9.17, 15) is 14.7 Å². The highest BCUT2D eigenvalue weighted by molar-refractivity contribution is 7.13. The highest BCUT2D eigenvalue weighted by atomic mass is 35.5. The van der Waals surface area contributed by atoms with Crippen LogP contribution in [0.25, 0.3) is 0 Å². The smallest absolute Gasteiger partial charge is 0.306 e. The number of hydrogen-bond donors (Lipinski definition) is 3. The molecule has 0 aliphatic carbocycles. The third-order valence-electron chi connectivity index (χ3n) is 2.27. The van der Waals surface area contributed by atoms with Crippen molar-refractivity contribution in [2.45, 2.75) is 25.9 Å². The lowest BCUT2D eigenvalue weighted by molar-refractivity contribution is -0.141. The molecule has 18 heavy (non-hydrogen) atoms. The van der Waals surface area contributed by atoms with Crippen LogP contribution in [0.1, 0.15) is 28.6 Å². The Balaban J connectivity index is 2.61. The van der Waals surface area contributed by atoms with E-state index in [1.54, 1.807) is 12.3 Å². The molecule has 3 N–H and O–H groups in total. The molecule has 1 heterocycles. The maximum Gasteiger partial charge on any atom is 0.306 e. The minimum absolute atomic E-state index is 0.147. The third-order valence-corrected chi connectivity index (χ3v) is 3.96. The molecule has 0 fully saturated rings. The van der Waals surface area contributed by atoms with Crippen molar-refractivity contribution in [3.05, 3.63) is 20.8 Å². The van der Waals surface area contributed by atoms with E-state index >= 15 is 0 Å². The molecule has 1 amide bonds. The minimum atomic E-state index is -1.49. The van der Waals surface area contributed by atoms with E-state index in [1.165, 1.54) is 18.3 Å². The molecule has 0 bridgehead atoms. The Bertz CT molecular complexity index is 470. The number of nitrogens with one attached hydrogen (secondary N) is 1. The van der Waals surface area contributed by atoms with Gasteiger partial charge in [-0.2, -0.15) is 0 Å². The van der Waals surface area contributed by atoms with Crippen LogP contribution in [0.5, 0.6) is 0 Å². The number of carbonyl (C=O) groups is 2. The molecular formula is C11H14ClNO4S. The van der Waals surface area contributed by atoms with Gasteiger partial charge < -0.3 is 15.5 Å². The highest BCUT2D eigenvalue weighted by Crippen LogP contribution is 2.26. The van der Waals surface area contributed by atoms with E-state index in [1.807, 2.05) is 0 Å². The molecule has 1 atom stereocenters. The monoisotopic (exact) mass is 291 g/mol. The second-order valence-electron chi connectivity index (χ2n) is 4.31. The summed E-state index contributed by atoms with van der Waals surface area (Å²) in [4.78, 5) is 22.6. The molecule has 0 radical (unpaired) electrons. The van der Waals surface area contributed by atoms with Gasteiger partial charge in [0.25, 0.3) is 5.91 Å².